The van der Waals surface area contributed by atoms with Gasteiger partial charge in [-0.15, -0.1) is 11.6 Å². The van der Waals surface area contributed by atoms with E-state index in [1.807, 2.05) is 24.3 Å². The molecule has 1 aromatic carbocycles. The Hall–Kier alpha value is -1.88. The maximum Gasteiger partial charge on any atom is 0.274 e. The van der Waals surface area contributed by atoms with Crippen molar-refractivity contribution in [3.8, 4) is 0 Å². The molecule has 0 atom stereocenters. The number of nitrogens with zero attached hydrogens (tertiary/aromatic N) is 2. The molecule has 6 heteroatoms. The van der Waals surface area contributed by atoms with Gasteiger partial charge in [0.1, 0.15) is 0 Å². The molecule has 1 N–H and O–H groups in total. The van der Waals surface area contributed by atoms with Crippen molar-refractivity contribution in [3.05, 3.63) is 40.3 Å². The third-order valence-corrected chi connectivity index (χ3v) is 4.83. The molecule has 0 radical (unpaired) electrons. The fourth-order valence-corrected chi connectivity index (χ4v) is 3.43. The fourth-order valence-electron chi connectivity index (χ4n) is 3.30. The van der Waals surface area contributed by atoms with Gasteiger partial charge in [-0.25, -0.2) is 4.68 Å². The Bertz CT molecular complexity index is 781. The van der Waals surface area contributed by atoms with E-state index in [4.69, 9.17) is 11.6 Å². The van der Waals surface area contributed by atoms with Gasteiger partial charge >= 0.3 is 0 Å². The number of fused-ring (bicyclic) bond motifs is 1. The summed E-state index contributed by atoms with van der Waals surface area (Å²) in [6.07, 6.45) is 5.32. The fraction of sp³-hybridized carbons (Fsp3) is 0.500. The van der Waals surface area contributed by atoms with Gasteiger partial charge in [0.2, 0.25) is 5.91 Å². The van der Waals surface area contributed by atoms with Gasteiger partial charge in [0.15, 0.2) is 0 Å². The minimum Gasteiger partial charge on any atom is -0.350 e. The summed E-state index contributed by atoms with van der Waals surface area (Å²) in [5, 5.41) is 8.97. The van der Waals surface area contributed by atoms with E-state index < -0.39 is 0 Å². The van der Waals surface area contributed by atoms with E-state index in [0.29, 0.717) is 30.7 Å². The van der Waals surface area contributed by atoms with Crippen molar-refractivity contribution in [2.75, 3.05) is 5.88 Å². The SMILES string of the molecule is O=C(CCCCl)NCc1nn(C2CCCC2)c(=O)c2ccccc12. The first-order chi connectivity index (χ1) is 11.7. The van der Waals surface area contributed by atoms with Gasteiger partial charge in [-0.2, -0.15) is 5.10 Å². The highest BCUT2D eigenvalue weighted by atomic mass is 35.5. The van der Waals surface area contributed by atoms with Gasteiger partial charge in [-0.3, -0.25) is 9.59 Å². The number of carbonyl (C=O) groups excluding carboxylic acids is 1. The molecule has 5 nitrogen and oxygen atoms in total. The van der Waals surface area contributed by atoms with E-state index in [9.17, 15) is 9.59 Å². The number of carbonyl (C=O) groups is 1. The first-order valence-corrected chi connectivity index (χ1v) is 9.07. The van der Waals surface area contributed by atoms with Crippen molar-refractivity contribution in [1.29, 1.82) is 0 Å². The highest BCUT2D eigenvalue weighted by Gasteiger charge is 2.21. The average Bonchev–Trinajstić information content (AvgIpc) is 3.14. The van der Waals surface area contributed by atoms with Crippen LogP contribution in [0.4, 0.5) is 0 Å². The minimum atomic E-state index is -0.0415. The second-order valence-corrected chi connectivity index (χ2v) is 6.63. The average molecular weight is 348 g/mol. The summed E-state index contributed by atoms with van der Waals surface area (Å²) in [7, 11) is 0. The Balaban J connectivity index is 1.92. The molecule has 0 bridgehead atoms. The van der Waals surface area contributed by atoms with Crippen molar-refractivity contribution < 1.29 is 4.79 Å². The van der Waals surface area contributed by atoms with Crippen molar-refractivity contribution in [2.45, 2.75) is 51.1 Å². The number of halogens is 1. The van der Waals surface area contributed by atoms with Crippen molar-refractivity contribution in [2.24, 2.45) is 0 Å². The molecule has 128 valence electrons. The highest BCUT2D eigenvalue weighted by Crippen LogP contribution is 2.28. The summed E-state index contributed by atoms with van der Waals surface area (Å²) in [6, 6.07) is 7.66. The Kier molecular flexibility index (Phi) is 5.51. The number of alkyl halides is 1. The van der Waals surface area contributed by atoms with Gasteiger partial charge < -0.3 is 5.32 Å². The van der Waals surface area contributed by atoms with Gasteiger partial charge in [0, 0.05) is 17.7 Å². The summed E-state index contributed by atoms with van der Waals surface area (Å²) >= 11 is 5.62. The van der Waals surface area contributed by atoms with E-state index in [0.717, 1.165) is 36.8 Å². The smallest absolute Gasteiger partial charge is 0.274 e. The van der Waals surface area contributed by atoms with E-state index in [1.54, 1.807) is 4.68 Å². The van der Waals surface area contributed by atoms with E-state index in [-0.39, 0.29) is 17.5 Å². The lowest BCUT2D eigenvalue weighted by molar-refractivity contribution is -0.121. The number of nitrogens with one attached hydrogen (secondary N) is 1. The predicted octanol–water partition coefficient (Wildman–Crippen LogP) is 3.15. The first-order valence-electron chi connectivity index (χ1n) is 8.54. The van der Waals surface area contributed by atoms with E-state index in [2.05, 4.69) is 10.4 Å². The predicted molar refractivity (Wildman–Crippen MR) is 95.3 cm³/mol. The van der Waals surface area contributed by atoms with Crippen LogP contribution in [-0.4, -0.2) is 21.6 Å². The molecular weight excluding hydrogens is 326 g/mol. The molecule has 3 rings (SSSR count). The van der Waals surface area contributed by atoms with Crippen LogP contribution in [0.15, 0.2) is 29.1 Å². The summed E-state index contributed by atoms with van der Waals surface area (Å²) < 4.78 is 1.63. The number of aromatic nitrogens is 2. The molecule has 24 heavy (non-hydrogen) atoms. The molecule has 1 aliphatic rings. The zero-order valence-electron chi connectivity index (χ0n) is 13.6. The number of benzene rings is 1. The molecule has 1 saturated carbocycles. The van der Waals surface area contributed by atoms with E-state index in [1.165, 1.54) is 0 Å². The Morgan fingerprint density at radius 3 is 2.67 bits per heavy atom. The topological polar surface area (TPSA) is 64.0 Å². The number of amides is 1. The zero-order valence-corrected chi connectivity index (χ0v) is 14.4. The van der Waals surface area contributed by atoms with Crippen molar-refractivity contribution in [3.63, 3.8) is 0 Å². The van der Waals surface area contributed by atoms with Gasteiger partial charge in [-0.1, -0.05) is 31.0 Å². The molecule has 0 unspecified atom stereocenters. The second-order valence-electron chi connectivity index (χ2n) is 6.25. The second kappa shape index (κ2) is 7.79. The van der Waals surface area contributed by atoms with Crippen LogP contribution >= 0.6 is 11.6 Å². The molecule has 0 aliphatic heterocycles. The van der Waals surface area contributed by atoms with Crippen molar-refractivity contribution in [1.82, 2.24) is 15.1 Å². The van der Waals surface area contributed by atoms with Crippen LogP contribution in [0.25, 0.3) is 10.8 Å². The normalized spacial score (nSPS) is 15.0. The first kappa shape index (κ1) is 17.0. The lowest BCUT2D eigenvalue weighted by Gasteiger charge is -2.16. The van der Waals surface area contributed by atoms with Crippen LogP contribution in [0.2, 0.25) is 0 Å². The van der Waals surface area contributed by atoms with Crippen LogP contribution in [0.3, 0.4) is 0 Å². The zero-order chi connectivity index (χ0) is 16.9. The molecule has 0 spiro atoms. The van der Waals surface area contributed by atoms with E-state index >= 15 is 0 Å². The van der Waals surface area contributed by atoms with Crippen LogP contribution in [0.5, 0.6) is 0 Å². The maximum absolute atomic E-state index is 12.7. The number of rotatable bonds is 6. The summed E-state index contributed by atoms with van der Waals surface area (Å²) in [5.74, 6) is 0.432. The number of hydrogen-bond donors (Lipinski definition) is 1. The molecule has 2 aromatic rings. The minimum absolute atomic E-state index is 0.0327. The summed E-state index contributed by atoms with van der Waals surface area (Å²) in [4.78, 5) is 24.6. The third-order valence-electron chi connectivity index (χ3n) is 4.57. The van der Waals surface area contributed by atoms with Crippen LogP contribution in [0, 0.1) is 0 Å². The van der Waals surface area contributed by atoms with Gasteiger partial charge in [0.05, 0.1) is 23.7 Å². The van der Waals surface area contributed by atoms with Crippen molar-refractivity contribution >= 4 is 28.3 Å². The third kappa shape index (κ3) is 3.61. The van der Waals surface area contributed by atoms with Crippen LogP contribution in [-0.2, 0) is 11.3 Å². The van der Waals surface area contributed by atoms with Crippen LogP contribution < -0.4 is 10.9 Å². The maximum atomic E-state index is 12.7. The Labute approximate surface area is 146 Å². The summed E-state index contributed by atoms with van der Waals surface area (Å²) in [5.41, 5.74) is 0.714. The molecule has 1 amide bonds. The van der Waals surface area contributed by atoms with Crippen LogP contribution in [0.1, 0.15) is 50.3 Å². The van der Waals surface area contributed by atoms with Gasteiger partial charge in [0.25, 0.3) is 5.56 Å². The summed E-state index contributed by atoms with van der Waals surface area (Å²) in [6.45, 7) is 0.328. The quantitative estimate of drug-likeness (QED) is 0.816. The standard InChI is InChI=1S/C18H22ClN3O2/c19-11-5-10-17(23)20-12-16-14-8-3-4-9-15(14)18(24)22(21-16)13-6-1-2-7-13/h3-4,8-9,13H,1-2,5-7,10-12H2,(H,20,23). The lowest BCUT2D eigenvalue weighted by Crippen LogP contribution is -2.30. The Morgan fingerprint density at radius 2 is 1.96 bits per heavy atom. The Morgan fingerprint density at radius 1 is 1.25 bits per heavy atom. The molecule has 0 saturated heterocycles. The molecule has 1 heterocycles. The largest absolute Gasteiger partial charge is 0.350 e. The molecule has 1 aliphatic carbocycles. The number of hydrogen-bond acceptors (Lipinski definition) is 3. The lowest BCUT2D eigenvalue weighted by atomic mass is 10.1. The van der Waals surface area contributed by atoms with Gasteiger partial charge in [-0.05, 0) is 25.3 Å². The molecular formula is C18H22ClN3O2. The highest BCUT2D eigenvalue weighted by molar-refractivity contribution is 6.17. The molecule has 1 fully saturated rings. The monoisotopic (exact) mass is 347 g/mol. The molecule has 1 aromatic heterocycles.